The standard InChI is InChI=1S/C10H18N3O3/c1-7(11-16-6)8-9(2,3)13(15)10(4,5)12(8)14/h1-6H3/b11-7+. The van der Waals surface area contributed by atoms with Gasteiger partial charge in [-0.3, -0.25) is 0 Å². The molecule has 0 unspecified atom stereocenters. The third-order valence-corrected chi connectivity index (χ3v) is 2.86. The Bertz CT molecular complexity index is 358. The lowest BCUT2D eigenvalue weighted by molar-refractivity contribution is -0.586. The van der Waals surface area contributed by atoms with Crippen molar-refractivity contribution in [1.29, 1.82) is 0 Å². The van der Waals surface area contributed by atoms with E-state index < -0.39 is 11.2 Å². The van der Waals surface area contributed by atoms with E-state index in [1.54, 1.807) is 34.6 Å². The van der Waals surface area contributed by atoms with Crippen LogP contribution in [0.4, 0.5) is 0 Å². The maximum absolute atomic E-state index is 12.1. The summed E-state index contributed by atoms with van der Waals surface area (Å²) in [5, 5.41) is 28.6. The van der Waals surface area contributed by atoms with Crippen LogP contribution >= 0.6 is 0 Å². The lowest BCUT2D eigenvalue weighted by Gasteiger charge is -2.27. The van der Waals surface area contributed by atoms with Crippen molar-refractivity contribution in [2.45, 2.75) is 45.8 Å². The van der Waals surface area contributed by atoms with Crippen molar-refractivity contribution in [1.82, 2.24) is 5.06 Å². The summed E-state index contributed by atoms with van der Waals surface area (Å²) in [5.41, 5.74) is -1.26. The molecule has 0 aromatic rings. The molecule has 0 amide bonds. The van der Waals surface area contributed by atoms with Crippen LogP contribution < -0.4 is 0 Å². The Morgan fingerprint density at radius 1 is 1.44 bits per heavy atom. The normalized spacial score (nSPS) is 25.1. The van der Waals surface area contributed by atoms with E-state index in [9.17, 15) is 10.4 Å². The average molecular weight is 228 g/mol. The maximum Gasteiger partial charge on any atom is 0.248 e. The Morgan fingerprint density at radius 3 is 2.25 bits per heavy atom. The van der Waals surface area contributed by atoms with Gasteiger partial charge in [-0.2, -0.15) is 4.74 Å². The highest BCUT2D eigenvalue weighted by molar-refractivity contribution is 6.42. The third kappa shape index (κ3) is 1.58. The number of hydrogen-bond acceptors (Lipinski definition) is 4. The zero-order chi connectivity index (χ0) is 12.7. The van der Waals surface area contributed by atoms with Gasteiger partial charge in [0.1, 0.15) is 18.4 Å². The molecule has 0 saturated heterocycles. The van der Waals surface area contributed by atoms with Crippen LogP contribution in [0.15, 0.2) is 5.16 Å². The molecule has 91 valence electrons. The van der Waals surface area contributed by atoms with E-state index in [0.717, 1.165) is 5.06 Å². The molecular weight excluding hydrogens is 210 g/mol. The number of oxime groups is 1. The molecule has 1 radical (unpaired) electrons. The largest absolute Gasteiger partial charge is 0.622 e. The summed E-state index contributed by atoms with van der Waals surface area (Å²) < 4.78 is 0.706. The van der Waals surface area contributed by atoms with Gasteiger partial charge in [0.2, 0.25) is 11.4 Å². The summed E-state index contributed by atoms with van der Waals surface area (Å²) in [7, 11) is 1.40. The van der Waals surface area contributed by atoms with Crippen LogP contribution in [0.2, 0.25) is 0 Å². The number of hydrogen-bond donors (Lipinski definition) is 0. The van der Waals surface area contributed by atoms with E-state index in [0.29, 0.717) is 16.2 Å². The van der Waals surface area contributed by atoms with Crippen LogP contribution in [0.25, 0.3) is 0 Å². The molecule has 6 heteroatoms. The van der Waals surface area contributed by atoms with Crippen LogP contribution in [-0.2, 0) is 10.0 Å². The van der Waals surface area contributed by atoms with Gasteiger partial charge in [-0.25, -0.2) is 0 Å². The highest BCUT2D eigenvalue weighted by atomic mass is 16.6. The van der Waals surface area contributed by atoms with Gasteiger partial charge in [-0.15, -0.1) is 5.21 Å². The number of hydroxylamine groups is 3. The van der Waals surface area contributed by atoms with E-state index in [1.807, 2.05) is 0 Å². The lowest BCUT2D eigenvalue weighted by atomic mass is 9.95. The highest BCUT2D eigenvalue weighted by Gasteiger charge is 2.58. The van der Waals surface area contributed by atoms with Crippen molar-refractivity contribution in [3.8, 4) is 0 Å². The minimum Gasteiger partial charge on any atom is -0.622 e. The Morgan fingerprint density at radius 2 is 1.94 bits per heavy atom. The third-order valence-electron chi connectivity index (χ3n) is 2.86. The van der Waals surface area contributed by atoms with Crippen molar-refractivity contribution in [2.75, 3.05) is 7.11 Å². The van der Waals surface area contributed by atoms with Crippen LogP contribution in [0, 0.1) is 5.21 Å². The minimum absolute atomic E-state index is 0.342. The number of nitrogens with zero attached hydrogens (tertiary/aromatic N) is 3. The second-order valence-electron chi connectivity index (χ2n) is 4.85. The van der Waals surface area contributed by atoms with Crippen molar-refractivity contribution in [2.24, 2.45) is 5.16 Å². The van der Waals surface area contributed by atoms with Gasteiger partial charge >= 0.3 is 0 Å². The molecule has 1 aliphatic rings. The van der Waals surface area contributed by atoms with Crippen LogP contribution in [0.5, 0.6) is 0 Å². The molecule has 0 fully saturated rings. The molecule has 6 nitrogen and oxygen atoms in total. The first-order chi connectivity index (χ1) is 7.17. The second kappa shape index (κ2) is 3.71. The van der Waals surface area contributed by atoms with Crippen molar-refractivity contribution >= 4 is 11.4 Å². The molecule has 1 aliphatic heterocycles. The minimum atomic E-state index is -1.12. The van der Waals surface area contributed by atoms with Crippen molar-refractivity contribution in [3.05, 3.63) is 5.21 Å². The van der Waals surface area contributed by atoms with E-state index in [2.05, 4.69) is 9.99 Å². The Balaban J connectivity index is 3.35. The van der Waals surface area contributed by atoms with Gasteiger partial charge in [0.05, 0.1) is 0 Å². The molecule has 0 aromatic heterocycles. The maximum atomic E-state index is 12.1. The molecule has 0 aliphatic carbocycles. The van der Waals surface area contributed by atoms with Gasteiger partial charge < -0.3 is 10.0 Å². The van der Waals surface area contributed by atoms with Gasteiger partial charge in [0.15, 0.2) is 0 Å². The predicted molar refractivity (Wildman–Crippen MR) is 59.4 cm³/mol. The molecule has 0 N–H and O–H groups in total. The first-order valence-corrected chi connectivity index (χ1v) is 5.07. The fourth-order valence-corrected chi connectivity index (χ4v) is 2.15. The quantitative estimate of drug-likeness (QED) is 0.308. The summed E-state index contributed by atoms with van der Waals surface area (Å²) >= 11 is 0. The molecule has 16 heavy (non-hydrogen) atoms. The Labute approximate surface area is 95.3 Å². The van der Waals surface area contributed by atoms with E-state index in [4.69, 9.17) is 0 Å². The Kier molecular flexibility index (Phi) is 3.00. The van der Waals surface area contributed by atoms with Gasteiger partial charge in [0.25, 0.3) is 0 Å². The summed E-state index contributed by atoms with van der Waals surface area (Å²) in [5.74, 6) is 0. The molecular formula is C10H18N3O3. The summed E-state index contributed by atoms with van der Waals surface area (Å²) in [6.07, 6.45) is 0. The second-order valence-corrected chi connectivity index (χ2v) is 4.85. The molecule has 0 spiro atoms. The summed E-state index contributed by atoms with van der Waals surface area (Å²) in [4.78, 5) is 4.64. The molecule has 1 rings (SSSR count). The van der Waals surface area contributed by atoms with Gasteiger partial charge in [0, 0.05) is 13.8 Å². The highest BCUT2D eigenvalue weighted by Crippen LogP contribution is 2.33. The van der Waals surface area contributed by atoms with E-state index in [-0.39, 0.29) is 0 Å². The fourth-order valence-electron chi connectivity index (χ4n) is 2.15. The smallest absolute Gasteiger partial charge is 0.248 e. The topological polar surface area (TPSA) is 70.8 Å². The van der Waals surface area contributed by atoms with Crippen LogP contribution in [-0.4, -0.2) is 39.5 Å². The monoisotopic (exact) mass is 228 g/mol. The average Bonchev–Trinajstić information content (AvgIpc) is 2.26. The predicted octanol–water partition coefficient (Wildman–Crippen LogP) is 1.14. The molecule has 0 atom stereocenters. The molecule has 0 aromatic carbocycles. The summed E-state index contributed by atoms with van der Waals surface area (Å²) in [6.45, 7) is 8.22. The SMILES string of the molecule is CO/N=C(\C)C1=[N+]([O-])C(C)(C)N([O])C1(C)C. The van der Waals surface area contributed by atoms with E-state index in [1.165, 1.54) is 7.11 Å². The molecule has 0 saturated carbocycles. The van der Waals surface area contributed by atoms with Crippen molar-refractivity contribution < 1.29 is 14.8 Å². The van der Waals surface area contributed by atoms with Crippen molar-refractivity contribution in [3.63, 3.8) is 0 Å². The van der Waals surface area contributed by atoms with E-state index >= 15 is 0 Å². The van der Waals surface area contributed by atoms with Crippen LogP contribution in [0.1, 0.15) is 34.6 Å². The first-order valence-electron chi connectivity index (χ1n) is 5.07. The van der Waals surface area contributed by atoms with Gasteiger partial charge in [-0.05, 0) is 20.8 Å². The van der Waals surface area contributed by atoms with Gasteiger partial charge in [-0.1, -0.05) is 10.2 Å². The lowest BCUT2D eigenvalue weighted by Crippen LogP contribution is -2.51. The Hall–Kier alpha value is -1.14. The zero-order valence-electron chi connectivity index (χ0n) is 10.6. The first kappa shape index (κ1) is 12.9. The number of rotatable bonds is 2. The zero-order valence-corrected chi connectivity index (χ0v) is 10.6. The fraction of sp³-hybridized carbons (Fsp3) is 0.800. The van der Waals surface area contributed by atoms with Crippen LogP contribution in [0.3, 0.4) is 0 Å². The molecule has 1 heterocycles. The molecule has 0 bridgehead atoms. The summed E-state index contributed by atoms with van der Waals surface area (Å²) in [6, 6.07) is 0.